The van der Waals surface area contributed by atoms with E-state index < -0.39 is 0 Å². The van der Waals surface area contributed by atoms with Gasteiger partial charge in [-0.15, -0.1) is 0 Å². The van der Waals surface area contributed by atoms with E-state index in [1.165, 1.54) is 19.2 Å². The summed E-state index contributed by atoms with van der Waals surface area (Å²) >= 11 is 0. The van der Waals surface area contributed by atoms with Gasteiger partial charge in [0.25, 0.3) is 0 Å². The van der Waals surface area contributed by atoms with E-state index in [2.05, 4.69) is 0 Å². The second-order valence-corrected chi connectivity index (χ2v) is 3.89. The lowest BCUT2D eigenvalue weighted by atomic mass is 9.95. The number of rotatable bonds is 4. The maximum absolute atomic E-state index is 13.1. The quantitative estimate of drug-likeness (QED) is 0.711. The van der Waals surface area contributed by atoms with Crippen LogP contribution in [0.2, 0.25) is 0 Å². The Kier molecular flexibility index (Phi) is 2.71. The Labute approximate surface area is 88.1 Å². The van der Waals surface area contributed by atoms with Crippen LogP contribution in [0.5, 0.6) is 5.75 Å². The summed E-state index contributed by atoms with van der Waals surface area (Å²) in [5, 5.41) is 0. The number of hydrogen-bond donors (Lipinski definition) is 0. The first-order valence-corrected chi connectivity index (χ1v) is 5.05. The van der Waals surface area contributed by atoms with Crippen molar-refractivity contribution in [1.29, 1.82) is 0 Å². The summed E-state index contributed by atoms with van der Waals surface area (Å²) in [5.74, 6) is 0.438. The summed E-state index contributed by atoms with van der Waals surface area (Å²) in [6.07, 6.45) is 2.99. The number of carbonyl (C=O) groups excluding carboxylic acids is 1. The van der Waals surface area contributed by atoms with Gasteiger partial charge in [0.15, 0.2) is 0 Å². The topological polar surface area (TPSA) is 26.3 Å². The first-order chi connectivity index (χ1) is 7.26. The molecule has 2 rings (SSSR count). The molecule has 0 N–H and O–H groups in total. The van der Waals surface area contributed by atoms with Crippen molar-refractivity contribution in [3.05, 3.63) is 29.6 Å². The van der Waals surface area contributed by atoms with Crippen LogP contribution in [0.3, 0.4) is 0 Å². The van der Waals surface area contributed by atoms with Gasteiger partial charge in [0.2, 0.25) is 0 Å². The monoisotopic (exact) mass is 208 g/mol. The zero-order valence-corrected chi connectivity index (χ0v) is 8.57. The molecule has 1 atom stereocenters. The highest BCUT2D eigenvalue weighted by molar-refractivity contribution is 5.65. The summed E-state index contributed by atoms with van der Waals surface area (Å²) < 4.78 is 18.2. The molecular weight excluding hydrogens is 195 g/mol. The third-order valence-electron chi connectivity index (χ3n) is 2.83. The first kappa shape index (κ1) is 10.1. The summed E-state index contributed by atoms with van der Waals surface area (Å²) in [6, 6.07) is 4.32. The highest BCUT2D eigenvalue weighted by Gasteiger charge is 2.33. The molecule has 0 heterocycles. The zero-order valence-electron chi connectivity index (χ0n) is 8.57. The molecule has 15 heavy (non-hydrogen) atoms. The Hall–Kier alpha value is -1.38. The SMILES string of the molecule is COc1ccc(F)cc1C(C=O)C1CC1. The standard InChI is InChI=1S/C12H13FO2/c1-15-12-5-4-9(13)6-10(12)11(7-14)8-2-3-8/h4-8,11H,2-3H2,1H3. The van der Waals surface area contributed by atoms with Gasteiger partial charge in [-0.25, -0.2) is 4.39 Å². The van der Waals surface area contributed by atoms with Gasteiger partial charge >= 0.3 is 0 Å². The number of hydrogen-bond acceptors (Lipinski definition) is 2. The summed E-state index contributed by atoms with van der Waals surface area (Å²) in [4.78, 5) is 11.0. The van der Waals surface area contributed by atoms with Crippen molar-refractivity contribution in [1.82, 2.24) is 0 Å². The number of ether oxygens (including phenoxy) is 1. The second kappa shape index (κ2) is 4.01. The fourth-order valence-corrected chi connectivity index (χ4v) is 1.86. The number of benzene rings is 1. The second-order valence-electron chi connectivity index (χ2n) is 3.89. The number of methoxy groups -OCH3 is 1. The average Bonchev–Trinajstić information content (AvgIpc) is 3.04. The van der Waals surface area contributed by atoms with Crippen LogP contribution in [0.25, 0.3) is 0 Å². The van der Waals surface area contributed by atoms with E-state index in [0.717, 1.165) is 19.1 Å². The van der Waals surface area contributed by atoms with E-state index in [9.17, 15) is 9.18 Å². The molecule has 0 bridgehead atoms. The summed E-state index contributed by atoms with van der Waals surface area (Å²) in [6.45, 7) is 0. The minimum Gasteiger partial charge on any atom is -0.496 e. The normalized spacial score (nSPS) is 17.2. The van der Waals surface area contributed by atoms with Crippen molar-refractivity contribution >= 4 is 6.29 Å². The van der Waals surface area contributed by atoms with Gasteiger partial charge in [-0.1, -0.05) is 0 Å². The Morgan fingerprint density at radius 2 is 2.27 bits per heavy atom. The Morgan fingerprint density at radius 1 is 1.53 bits per heavy atom. The van der Waals surface area contributed by atoms with Gasteiger partial charge in [0.05, 0.1) is 7.11 Å². The highest BCUT2D eigenvalue weighted by atomic mass is 19.1. The van der Waals surface area contributed by atoms with Crippen LogP contribution in [0.15, 0.2) is 18.2 Å². The highest BCUT2D eigenvalue weighted by Crippen LogP contribution is 2.44. The minimum absolute atomic E-state index is 0.212. The van der Waals surface area contributed by atoms with Crippen molar-refractivity contribution in [2.45, 2.75) is 18.8 Å². The van der Waals surface area contributed by atoms with Crippen LogP contribution < -0.4 is 4.74 Å². The van der Waals surface area contributed by atoms with Crippen molar-refractivity contribution in [3.63, 3.8) is 0 Å². The minimum atomic E-state index is -0.321. The Balaban J connectivity index is 2.38. The van der Waals surface area contributed by atoms with E-state index in [0.29, 0.717) is 17.2 Å². The van der Waals surface area contributed by atoms with Crippen LogP contribution in [0.4, 0.5) is 4.39 Å². The van der Waals surface area contributed by atoms with Crippen molar-refractivity contribution in [2.75, 3.05) is 7.11 Å². The molecule has 80 valence electrons. The largest absolute Gasteiger partial charge is 0.496 e. The third-order valence-corrected chi connectivity index (χ3v) is 2.83. The average molecular weight is 208 g/mol. The predicted octanol–water partition coefficient (Wildman–Crippen LogP) is 2.53. The van der Waals surface area contributed by atoms with Crippen molar-refractivity contribution in [2.24, 2.45) is 5.92 Å². The Morgan fingerprint density at radius 3 is 2.80 bits per heavy atom. The van der Waals surface area contributed by atoms with Crippen molar-refractivity contribution in [3.8, 4) is 5.75 Å². The molecule has 1 unspecified atom stereocenters. The summed E-state index contributed by atoms with van der Waals surface area (Å²) in [7, 11) is 1.53. The lowest BCUT2D eigenvalue weighted by molar-refractivity contribution is -0.109. The van der Waals surface area contributed by atoms with Gasteiger partial charge in [-0.2, -0.15) is 0 Å². The fourth-order valence-electron chi connectivity index (χ4n) is 1.86. The molecule has 2 nitrogen and oxygen atoms in total. The Bertz CT molecular complexity index is 372. The molecule has 1 saturated carbocycles. The van der Waals surface area contributed by atoms with Gasteiger partial charge in [-0.05, 0) is 37.0 Å². The number of halogens is 1. The molecule has 1 fully saturated rings. The third kappa shape index (κ3) is 2.01. The smallest absolute Gasteiger partial charge is 0.127 e. The molecule has 0 amide bonds. The lowest BCUT2D eigenvalue weighted by Gasteiger charge is -2.13. The van der Waals surface area contributed by atoms with Gasteiger partial charge in [0, 0.05) is 11.5 Å². The van der Waals surface area contributed by atoms with E-state index >= 15 is 0 Å². The maximum atomic E-state index is 13.1. The van der Waals surface area contributed by atoms with Gasteiger partial charge in [0.1, 0.15) is 17.9 Å². The number of carbonyl (C=O) groups is 1. The molecule has 0 radical (unpaired) electrons. The molecule has 3 heteroatoms. The van der Waals surface area contributed by atoms with E-state index in [-0.39, 0.29) is 11.7 Å². The van der Waals surface area contributed by atoms with Gasteiger partial charge in [-0.3, -0.25) is 0 Å². The van der Waals surface area contributed by atoms with Crippen LogP contribution >= 0.6 is 0 Å². The molecule has 1 aromatic carbocycles. The molecule has 0 aromatic heterocycles. The molecule has 1 aliphatic carbocycles. The molecular formula is C12H13FO2. The van der Waals surface area contributed by atoms with Crippen LogP contribution in [0, 0.1) is 11.7 Å². The first-order valence-electron chi connectivity index (χ1n) is 5.05. The molecule has 0 spiro atoms. The van der Waals surface area contributed by atoms with Crippen LogP contribution in [0.1, 0.15) is 24.3 Å². The fraction of sp³-hybridized carbons (Fsp3) is 0.417. The molecule has 1 aromatic rings. The molecule has 0 saturated heterocycles. The zero-order chi connectivity index (χ0) is 10.8. The van der Waals surface area contributed by atoms with Crippen LogP contribution in [-0.4, -0.2) is 13.4 Å². The van der Waals surface area contributed by atoms with Crippen molar-refractivity contribution < 1.29 is 13.9 Å². The molecule has 0 aliphatic heterocycles. The predicted molar refractivity (Wildman–Crippen MR) is 54.5 cm³/mol. The summed E-state index contributed by atoms with van der Waals surface area (Å²) in [5.41, 5.74) is 0.676. The van der Waals surface area contributed by atoms with E-state index in [4.69, 9.17) is 4.74 Å². The lowest BCUT2D eigenvalue weighted by Crippen LogP contribution is -2.05. The molecule has 1 aliphatic rings. The maximum Gasteiger partial charge on any atom is 0.127 e. The van der Waals surface area contributed by atoms with E-state index in [1.807, 2.05) is 0 Å². The number of aldehydes is 1. The van der Waals surface area contributed by atoms with E-state index in [1.54, 1.807) is 6.07 Å². The van der Waals surface area contributed by atoms with Crippen LogP contribution in [-0.2, 0) is 4.79 Å². The van der Waals surface area contributed by atoms with Gasteiger partial charge < -0.3 is 9.53 Å².